The van der Waals surface area contributed by atoms with Gasteiger partial charge in [0, 0.05) is 22.8 Å². The van der Waals surface area contributed by atoms with Crippen molar-refractivity contribution in [1.82, 2.24) is 9.88 Å². The molecule has 0 atom stereocenters. The van der Waals surface area contributed by atoms with Crippen LogP contribution in [0.5, 0.6) is 0 Å². The molecule has 0 radical (unpaired) electrons. The van der Waals surface area contributed by atoms with Gasteiger partial charge in [0.25, 0.3) is 0 Å². The normalized spacial score (nSPS) is 18.2. The van der Waals surface area contributed by atoms with Crippen molar-refractivity contribution in [3.05, 3.63) is 30.2 Å². The number of hydrogen-bond donors (Lipinski definition) is 1. The third kappa shape index (κ3) is 3.59. The Morgan fingerprint density at radius 1 is 1.43 bits per heavy atom. The molecule has 0 spiro atoms. The van der Waals surface area contributed by atoms with Crippen LogP contribution < -0.4 is 5.73 Å². The average molecular weight is 303 g/mol. The van der Waals surface area contributed by atoms with E-state index < -0.39 is 0 Å². The molecule has 1 saturated carbocycles. The Kier molecular flexibility index (Phi) is 4.48. The molecule has 0 bridgehead atoms. The van der Waals surface area contributed by atoms with E-state index in [4.69, 9.17) is 5.73 Å². The molecule has 112 valence electrons. The van der Waals surface area contributed by atoms with Crippen LogP contribution in [0.4, 0.5) is 5.69 Å². The van der Waals surface area contributed by atoms with Gasteiger partial charge in [-0.3, -0.25) is 9.78 Å². The predicted octanol–water partition coefficient (Wildman–Crippen LogP) is 3.20. The van der Waals surface area contributed by atoms with Crippen LogP contribution in [0, 0.1) is 0 Å². The smallest absolute Gasteiger partial charge is 0.237 e. The lowest BCUT2D eigenvalue weighted by atomic mass is 10.0. The predicted molar refractivity (Wildman–Crippen MR) is 85.8 cm³/mol. The largest absolute Gasteiger partial charge is 0.397 e. The Hall–Kier alpha value is -1.49. The minimum atomic E-state index is 0.215. The second kappa shape index (κ2) is 6.52. The summed E-state index contributed by atoms with van der Waals surface area (Å²) in [5.41, 5.74) is 7.77. The van der Waals surface area contributed by atoms with E-state index in [1.807, 2.05) is 6.07 Å². The fraction of sp³-hybridized carbons (Fsp3) is 0.500. The molecule has 0 unspecified atom stereocenters. The van der Waals surface area contributed by atoms with Crippen molar-refractivity contribution in [2.75, 3.05) is 11.5 Å². The molecule has 21 heavy (non-hydrogen) atoms. The molecular weight excluding hydrogens is 282 g/mol. The lowest BCUT2D eigenvalue weighted by Gasteiger charge is -2.27. The Bertz CT molecular complexity index is 554. The molecule has 1 aromatic rings. The average Bonchev–Trinajstić information content (AvgIpc) is 3.32. The van der Waals surface area contributed by atoms with E-state index >= 15 is 0 Å². The van der Waals surface area contributed by atoms with Crippen LogP contribution in [0.3, 0.4) is 0 Å². The minimum Gasteiger partial charge on any atom is -0.397 e. The highest BCUT2D eigenvalue weighted by molar-refractivity contribution is 8.00. The number of carbonyl (C=O) groups excluding carboxylic acids is 1. The Morgan fingerprint density at radius 2 is 2.29 bits per heavy atom. The summed E-state index contributed by atoms with van der Waals surface area (Å²) in [6.07, 6.45) is 12.5. The van der Waals surface area contributed by atoms with Crippen molar-refractivity contribution in [1.29, 1.82) is 0 Å². The Labute approximate surface area is 129 Å². The van der Waals surface area contributed by atoms with Gasteiger partial charge >= 0.3 is 0 Å². The van der Waals surface area contributed by atoms with Gasteiger partial charge in [-0.05, 0) is 44.6 Å². The first-order chi connectivity index (χ1) is 10.3. The molecule has 2 N–H and O–H groups in total. The van der Waals surface area contributed by atoms with Gasteiger partial charge in [-0.2, -0.15) is 0 Å². The number of hydrogen-bond acceptors (Lipinski definition) is 4. The fourth-order valence-corrected chi connectivity index (χ4v) is 3.50. The van der Waals surface area contributed by atoms with E-state index in [1.165, 1.54) is 30.3 Å². The Balaban J connectivity index is 1.65. The summed E-state index contributed by atoms with van der Waals surface area (Å²) < 4.78 is 0. The van der Waals surface area contributed by atoms with Crippen molar-refractivity contribution >= 4 is 23.4 Å². The first kappa shape index (κ1) is 14.4. The molecule has 1 fully saturated rings. The van der Waals surface area contributed by atoms with Crippen LogP contribution in [-0.2, 0) is 4.79 Å². The second-order valence-electron chi connectivity index (χ2n) is 5.64. The number of amides is 1. The molecule has 1 heterocycles. The van der Waals surface area contributed by atoms with Crippen LogP contribution in [-0.4, -0.2) is 27.6 Å². The number of thioether (sulfide) groups is 1. The molecule has 0 aliphatic heterocycles. The molecule has 2 aliphatic rings. The summed E-state index contributed by atoms with van der Waals surface area (Å²) in [5.74, 6) is 0.661. The summed E-state index contributed by atoms with van der Waals surface area (Å²) in [6, 6.07) is 2.31. The van der Waals surface area contributed by atoms with Crippen molar-refractivity contribution in [3.8, 4) is 0 Å². The van der Waals surface area contributed by atoms with Gasteiger partial charge in [0.2, 0.25) is 5.91 Å². The highest BCUT2D eigenvalue weighted by Crippen LogP contribution is 2.35. The van der Waals surface area contributed by atoms with E-state index in [0.717, 1.165) is 30.6 Å². The third-order valence-electron chi connectivity index (χ3n) is 3.92. The number of anilines is 1. The van der Waals surface area contributed by atoms with Crippen LogP contribution in [0.2, 0.25) is 0 Å². The number of pyridine rings is 1. The molecule has 0 saturated heterocycles. The van der Waals surface area contributed by atoms with E-state index in [0.29, 0.717) is 17.5 Å². The van der Waals surface area contributed by atoms with Crippen molar-refractivity contribution in [3.63, 3.8) is 0 Å². The number of nitrogen functional groups attached to an aromatic ring is 1. The van der Waals surface area contributed by atoms with Gasteiger partial charge in [-0.1, -0.05) is 6.08 Å². The van der Waals surface area contributed by atoms with Crippen molar-refractivity contribution in [2.45, 2.75) is 49.5 Å². The first-order valence-corrected chi connectivity index (χ1v) is 8.57. The zero-order valence-electron chi connectivity index (χ0n) is 12.1. The summed E-state index contributed by atoms with van der Waals surface area (Å²) >= 11 is 1.51. The Morgan fingerprint density at radius 3 is 2.95 bits per heavy atom. The molecular formula is C16H21N3OS. The quantitative estimate of drug-likeness (QED) is 0.849. The van der Waals surface area contributed by atoms with Gasteiger partial charge in [0.1, 0.15) is 0 Å². The molecule has 3 rings (SSSR count). The molecule has 0 aromatic carbocycles. The van der Waals surface area contributed by atoms with Crippen LogP contribution in [0.15, 0.2) is 35.1 Å². The lowest BCUT2D eigenvalue weighted by molar-refractivity contribution is -0.127. The standard InChI is InChI=1S/C16H21N3OS/c17-14-10-18-9-8-15(14)21-11-16(20)19(13-6-7-13)12-4-2-1-3-5-12/h4,8-10,13H,1-3,5-7,11,17H2. The summed E-state index contributed by atoms with van der Waals surface area (Å²) in [4.78, 5) is 19.6. The third-order valence-corrected chi connectivity index (χ3v) is 4.99. The minimum absolute atomic E-state index is 0.215. The van der Waals surface area contributed by atoms with Gasteiger partial charge < -0.3 is 10.6 Å². The van der Waals surface area contributed by atoms with Crippen molar-refractivity contribution < 1.29 is 4.79 Å². The molecule has 5 heteroatoms. The number of rotatable bonds is 5. The maximum absolute atomic E-state index is 12.6. The SMILES string of the molecule is Nc1cnccc1SCC(=O)N(C1=CCCCC1)C1CC1. The number of allylic oxidation sites excluding steroid dienone is 2. The van der Waals surface area contributed by atoms with E-state index in [1.54, 1.807) is 12.4 Å². The van der Waals surface area contributed by atoms with E-state index in [2.05, 4.69) is 16.0 Å². The van der Waals surface area contributed by atoms with Crippen LogP contribution in [0.25, 0.3) is 0 Å². The topological polar surface area (TPSA) is 59.2 Å². The lowest BCUT2D eigenvalue weighted by Crippen LogP contribution is -2.34. The number of nitrogens with two attached hydrogens (primary N) is 1. The maximum atomic E-state index is 12.6. The molecule has 4 nitrogen and oxygen atoms in total. The fourth-order valence-electron chi connectivity index (χ4n) is 2.71. The van der Waals surface area contributed by atoms with Gasteiger partial charge in [0.15, 0.2) is 0 Å². The zero-order chi connectivity index (χ0) is 14.7. The molecule has 1 aromatic heterocycles. The van der Waals surface area contributed by atoms with E-state index in [9.17, 15) is 4.79 Å². The van der Waals surface area contributed by atoms with Crippen LogP contribution in [0.1, 0.15) is 38.5 Å². The van der Waals surface area contributed by atoms with Gasteiger partial charge in [-0.15, -0.1) is 11.8 Å². The van der Waals surface area contributed by atoms with E-state index in [-0.39, 0.29) is 5.91 Å². The first-order valence-electron chi connectivity index (χ1n) is 7.59. The van der Waals surface area contributed by atoms with Gasteiger partial charge in [0.05, 0.1) is 17.6 Å². The highest BCUT2D eigenvalue weighted by atomic mass is 32.2. The second-order valence-corrected chi connectivity index (χ2v) is 6.66. The van der Waals surface area contributed by atoms with Crippen molar-refractivity contribution in [2.24, 2.45) is 0 Å². The number of nitrogens with zero attached hydrogens (tertiary/aromatic N) is 2. The molecule has 2 aliphatic carbocycles. The summed E-state index contributed by atoms with van der Waals surface area (Å²) in [5, 5.41) is 0. The summed E-state index contributed by atoms with van der Waals surface area (Å²) in [7, 11) is 0. The van der Waals surface area contributed by atoms with Gasteiger partial charge in [-0.25, -0.2) is 0 Å². The zero-order valence-corrected chi connectivity index (χ0v) is 12.9. The summed E-state index contributed by atoms with van der Waals surface area (Å²) in [6.45, 7) is 0. The highest BCUT2D eigenvalue weighted by Gasteiger charge is 2.34. The monoisotopic (exact) mass is 303 g/mol. The maximum Gasteiger partial charge on any atom is 0.237 e. The van der Waals surface area contributed by atoms with Crippen LogP contribution >= 0.6 is 11.8 Å². The number of carbonyl (C=O) groups is 1. The number of aromatic nitrogens is 1. The molecule has 1 amide bonds.